The van der Waals surface area contributed by atoms with Crippen LogP contribution >= 0.6 is 0 Å². The Hall–Kier alpha value is -2.64. The maximum absolute atomic E-state index is 5.52. The maximum atomic E-state index is 5.52. The molecule has 0 bridgehead atoms. The van der Waals surface area contributed by atoms with Gasteiger partial charge in [-0.2, -0.15) is 0 Å². The van der Waals surface area contributed by atoms with Crippen molar-refractivity contribution in [3.63, 3.8) is 0 Å². The number of piperidine rings is 1. The zero-order chi connectivity index (χ0) is 24.1. The number of pyridine rings is 1. The topological polar surface area (TPSA) is 64.4 Å². The van der Waals surface area contributed by atoms with Crippen LogP contribution < -0.4 is 14.8 Å². The number of hydrogen-bond donors (Lipinski definition) is 1. The summed E-state index contributed by atoms with van der Waals surface area (Å²) in [6.45, 7) is 7.03. The van der Waals surface area contributed by atoms with Gasteiger partial charge in [0.05, 0.1) is 14.2 Å². The number of imidazole rings is 1. The Morgan fingerprint density at radius 3 is 2.34 bits per heavy atom. The van der Waals surface area contributed by atoms with Gasteiger partial charge < -0.3 is 24.3 Å². The van der Waals surface area contributed by atoms with E-state index in [9.17, 15) is 0 Å². The van der Waals surface area contributed by atoms with Crippen molar-refractivity contribution in [2.45, 2.75) is 44.6 Å². The molecule has 2 saturated heterocycles. The van der Waals surface area contributed by atoms with E-state index in [1.54, 1.807) is 14.2 Å². The normalized spacial score (nSPS) is 25.3. The fourth-order valence-electron chi connectivity index (χ4n) is 6.76. The lowest BCUT2D eigenvalue weighted by Crippen LogP contribution is -2.40. The summed E-state index contributed by atoms with van der Waals surface area (Å²) in [6, 6.07) is 9.02. The Morgan fingerprint density at radius 1 is 0.943 bits per heavy atom. The fraction of sp³-hybridized carbons (Fsp3) is 0.571. The van der Waals surface area contributed by atoms with Gasteiger partial charge in [-0.3, -0.25) is 0 Å². The summed E-state index contributed by atoms with van der Waals surface area (Å²) in [7, 11) is 5.38. The van der Waals surface area contributed by atoms with Crippen LogP contribution in [0.3, 0.4) is 0 Å². The average Bonchev–Trinajstić information content (AvgIpc) is 3.58. The average molecular weight is 476 g/mol. The van der Waals surface area contributed by atoms with Gasteiger partial charge in [0.15, 0.2) is 17.1 Å². The summed E-state index contributed by atoms with van der Waals surface area (Å²) in [5.41, 5.74) is 5.36. The molecule has 35 heavy (non-hydrogen) atoms. The molecular weight excluding hydrogens is 438 g/mol. The highest BCUT2D eigenvalue weighted by molar-refractivity contribution is 5.81. The minimum absolute atomic E-state index is 0.524. The van der Waals surface area contributed by atoms with Crippen LogP contribution in [0.15, 0.2) is 24.3 Å². The van der Waals surface area contributed by atoms with E-state index in [0.29, 0.717) is 11.7 Å². The molecule has 2 aromatic heterocycles. The Labute approximate surface area is 207 Å². The lowest BCUT2D eigenvalue weighted by molar-refractivity contribution is 0.147. The second-order valence-electron chi connectivity index (χ2n) is 10.7. The first kappa shape index (κ1) is 22.8. The molecule has 1 aromatic carbocycles. The molecule has 0 radical (unpaired) electrons. The molecule has 2 atom stereocenters. The van der Waals surface area contributed by atoms with Crippen molar-refractivity contribution in [1.29, 1.82) is 0 Å². The first-order valence-corrected chi connectivity index (χ1v) is 13.1. The van der Waals surface area contributed by atoms with Gasteiger partial charge in [0.1, 0.15) is 11.3 Å². The summed E-state index contributed by atoms with van der Waals surface area (Å²) in [5, 5.41) is 3.58. The highest BCUT2D eigenvalue weighted by atomic mass is 16.5. The van der Waals surface area contributed by atoms with E-state index in [4.69, 9.17) is 19.4 Å². The van der Waals surface area contributed by atoms with Crippen LogP contribution in [-0.4, -0.2) is 65.9 Å². The minimum Gasteiger partial charge on any atom is -0.493 e. The van der Waals surface area contributed by atoms with Crippen LogP contribution in [0, 0.1) is 18.8 Å². The molecule has 3 aliphatic rings. The molecule has 0 amide bonds. The van der Waals surface area contributed by atoms with Gasteiger partial charge in [0.2, 0.25) is 0 Å². The Morgan fingerprint density at radius 2 is 1.66 bits per heavy atom. The van der Waals surface area contributed by atoms with E-state index >= 15 is 0 Å². The third-order valence-corrected chi connectivity index (χ3v) is 8.77. The maximum Gasteiger partial charge on any atom is 0.161 e. The second kappa shape index (κ2) is 9.10. The van der Waals surface area contributed by atoms with Gasteiger partial charge in [0, 0.05) is 30.3 Å². The smallest absolute Gasteiger partial charge is 0.161 e. The molecule has 6 rings (SSSR count). The van der Waals surface area contributed by atoms with Crippen molar-refractivity contribution in [2.24, 2.45) is 18.9 Å². The molecule has 1 aliphatic carbocycles. The third kappa shape index (κ3) is 3.99. The number of rotatable bonds is 5. The number of ether oxygens (including phenoxy) is 2. The third-order valence-electron chi connectivity index (χ3n) is 8.77. The number of nitrogens with zero attached hydrogens (tertiary/aromatic N) is 4. The Bertz CT molecular complexity index is 1220. The minimum atomic E-state index is 0.524. The van der Waals surface area contributed by atoms with E-state index in [1.165, 1.54) is 63.1 Å². The van der Waals surface area contributed by atoms with Gasteiger partial charge in [0.25, 0.3) is 0 Å². The summed E-state index contributed by atoms with van der Waals surface area (Å²) in [5.74, 6) is 4.66. The van der Waals surface area contributed by atoms with Gasteiger partial charge in [-0.05, 0) is 100 Å². The summed E-state index contributed by atoms with van der Waals surface area (Å²) < 4.78 is 13.0. The van der Waals surface area contributed by atoms with E-state index in [0.717, 1.165) is 46.2 Å². The number of nitrogens with one attached hydrogen (secondary N) is 1. The predicted octanol–water partition coefficient (Wildman–Crippen LogP) is 4.14. The van der Waals surface area contributed by atoms with Crippen LogP contribution in [0.4, 0.5) is 0 Å². The van der Waals surface area contributed by atoms with Crippen LogP contribution in [0.1, 0.15) is 42.9 Å². The Balaban J connectivity index is 1.22. The fourth-order valence-corrected chi connectivity index (χ4v) is 6.76. The van der Waals surface area contributed by atoms with Gasteiger partial charge in [-0.1, -0.05) is 0 Å². The number of aryl methyl sites for hydroxylation is 2. The zero-order valence-electron chi connectivity index (χ0n) is 21.4. The first-order valence-electron chi connectivity index (χ1n) is 13.1. The molecular formula is C28H37N5O2. The summed E-state index contributed by atoms with van der Waals surface area (Å²) in [6.07, 6.45) is 5.17. The number of aromatic nitrogens is 3. The van der Waals surface area contributed by atoms with E-state index in [2.05, 4.69) is 34.8 Å². The van der Waals surface area contributed by atoms with Crippen molar-refractivity contribution in [3.05, 3.63) is 35.5 Å². The van der Waals surface area contributed by atoms with Gasteiger partial charge in [-0.25, -0.2) is 9.97 Å². The second-order valence-corrected chi connectivity index (χ2v) is 10.7. The Kier molecular flexibility index (Phi) is 5.93. The molecule has 186 valence electrons. The molecule has 7 heteroatoms. The number of likely N-dealkylation sites (tertiary alicyclic amines) is 1. The van der Waals surface area contributed by atoms with E-state index in [1.807, 2.05) is 18.2 Å². The zero-order valence-corrected chi connectivity index (χ0v) is 21.4. The first-order chi connectivity index (χ1) is 17.1. The van der Waals surface area contributed by atoms with Crippen LogP contribution in [-0.2, 0) is 7.05 Å². The molecule has 1 N–H and O–H groups in total. The van der Waals surface area contributed by atoms with Crippen LogP contribution in [0.5, 0.6) is 11.5 Å². The van der Waals surface area contributed by atoms with Crippen molar-refractivity contribution < 1.29 is 9.47 Å². The lowest BCUT2D eigenvalue weighted by Gasteiger charge is -2.36. The van der Waals surface area contributed by atoms with E-state index in [-0.39, 0.29) is 0 Å². The number of methoxy groups -OCH3 is 2. The van der Waals surface area contributed by atoms with Crippen molar-refractivity contribution >= 4 is 11.2 Å². The molecule has 7 nitrogen and oxygen atoms in total. The molecule has 1 saturated carbocycles. The quantitative estimate of drug-likeness (QED) is 0.599. The number of hydrogen-bond acceptors (Lipinski definition) is 6. The molecule has 3 aromatic rings. The summed E-state index contributed by atoms with van der Waals surface area (Å²) >= 11 is 0. The van der Waals surface area contributed by atoms with Crippen molar-refractivity contribution in [3.8, 4) is 22.9 Å². The number of fused-ring (bicyclic) bond motifs is 2. The molecule has 2 unspecified atom stereocenters. The highest BCUT2D eigenvalue weighted by Gasteiger charge is 2.40. The van der Waals surface area contributed by atoms with Gasteiger partial charge in [-0.15, -0.1) is 0 Å². The van der Waals surface area contributed by atoms with Gasteiger partial charge >= 0.3 is 0 Å². The lowest BCUT2D eigenvalue weighted by atomic mass is 9.91. The number of benzene rings is 1. The van der Waals surface area contributed by atoms with Crippen molar-refractivity contribution in [2.75, 3.05) is 40.4 Å². The highest BCUT2D eigenvalue weighted by Crippen LogP contribution is 2.40. The largest absolute Gasteiger partial charge is 0.493 e. The predicted molar refractivity (Wildman–Crippen MR) is 138 cm³/mol. The van der Waals surface area contributed by atoms with Crippen LogP contribution in [0.2, 0.25) is 0 Å². The van der Waals surface area contributed by atoms with Crippen LogP contribution in [0.25, 0.3) is 22.6 Å². The standard InChI is InChI=1S/C28H37N5O2/c1-17-11-23(18-7-9-33(10-8-18)22-12-20-15-29-16-21(20)13-22)30-28-26(17)31-27(32(28)2)19-5-6-24(34-3)25(14-19)35-4/h5-6,11,14,18,20-22,29H,7-10,12-13,15-16H2,1-4H3. The monoisotopic (exact) mass is 475 g/mol. The summed E-state index contributed by atoms with van der Waals surface area (Å²) in [4.78, 5) is 12.9. The van der Waals surface area contributed by atoms with E-state index < -0.39 is 0 Å². The molecule has 0 spiro atoms. The molecule has 4 heterocycles. The SMILES string of the molecule is COc1ccc(-c2nc3c(C)cc(C4CCN(C5CC6CNCC6C5)CC4)nc3n2C)cc1OC. The van der Waals surface area contributed by atoms with Crippen molar-refractivity contribution in [1.82, 2.24) is 24.8 Å². The molecule has 2 aliphatic heterocycles. The molecule has 3 fully saturated rings.